The van der Waals surface area contributed by atoms with Gasteiger partial charge in [0.25, 0.3) is 0 Å². The van der Waals surface area contributed by atoms with Gasteiger partial charge in [0.1, 0.15) is 12.1 Å². The molecule has 7 nitrogen and oxygen atoms in total. The summed E-state index contributed by atoms with van der Waals surface area (Å²) in [5.41, 5.74) is 6.28. The first-order valence-corrected chi connectivity index (χ1v) is 13.3. The Bertz CT molecular complexity index is 913. The molecule has 31 heavy (non-hydrogen) atoms. The number of piperidine rings is 1. The van der Waals surface area contributed by atoms with Crippen LogP contribution >= 0.6 is 0 Å². The van der Waals surface area contributed by atoms with Crippen molar-refractivity contribution >= 4 is 26.7 Å². The lowest BCUT2D eigenvalue weighted by molar-refractivity contribution is 0.556. The minimum Gasteiger partial charge on any atom is -0.356 e. The summed E-state index contributed by atoms with van der Waals surface area (Å²) in [6.07, 6.45) is 14.2. The number of rotatable bonds is 13. The van der Waals surface area contributed by atoms with E-state index in [4.69, 9.17) is 5.73 Å². The molecule has 3 N–H and O–H groups in total. The number of unbranched alkanes of at least 4 members (excludes halogenated alkanes) is 7. The van der Waals surface area contributed by atoms with Crippen LogP contribution in [0.25, 0.3) is 10.9 Å². The average molecular weight is 448 g/mol. The number of hydrogen-bond acceptors (Lipinski definition) is 6. The van der Waals surface area contributed by atoms with Crippen molar-refractivity contribution in [2.45, 2.75) is 75.5 Å². The second-order valence-electron chi connectivity index (χ2n) is 8.44. The number of hydrogen-bond donors (Lipinski definition) is 2. The average Bonchev–Trinajstić information content (AvgIpc) is 2.80. The van der Waals surface area contributed by atoms with Gasteiger partial charge in [-0.3, -0.25) is 0 Å². The lowest BCUT2D eigenvalue weighted by atomic mass is 10.1. The molecule has 2 heterocycles. The van der Waals surface area contributed by atoms with Crippen LogP contribution in [0.4, 0.5) is 5.82 Å². The molecule has 8 heteroatoms. The Balaban J connectivity index is 1.53. The first kappa shape index (κ1) is 23.9. The van der Waals surface area contributed by atoms with Crippen molar-refractivity contribution in [2.75, 3.05) is 31.1 Å². The number of fused-ring (bicyclic) bond motifs is 1. The molecule has 0 spiro atoms. The van der Waals surface area contributed by atoms with Crippen molar-refractivity contribution in [3.05, 3.63) is 24.5 Å². The van der Waals surface area contributed by atoms with Gasteiger partial charge in [-0.1, -0.05) is 38.5 Å². The van der Waals surface area contributed by atoms with Gasteiger partial charge in [0.2, 0.25) is 10.0 Å². The summed E-state index contributed by atoms with van der Waals surface area (Å²) in [7, 11) is -3.54. The van der Waals surface area contributed by atoms with E-state index < -0.39 is 10.0 Å². The third kappa shape index (κ3) is 7.12. The lowest BCUT2D eigenvalue weighted by Crippen LogP contribution is -2.30. The van der Waals surface area contributed by atoms with Crippen LogP contribution in [0.5, 0.6) is 0 Å². The van der Waals surface area contributed by atoms with Gasteiger partial charge in [-0.05, 0) is 56.8 Å². The van der Waals surface area contributed by atoms with Crippen LogP contribution in [-0.4, -0.2) is 44.6 Å². The Morgan fingerprint density at radius 3 is 2.29 bits per heavy atom. The summed E-state index contributed by atoms with van der Waals surface area (Å²) in [5.74, 6) is 0.841. The highest BCUT2D eigenvalue weighted by atomic mass is 32.2. The molecule has 172 valence electrons. The Hall–Kier alpha value is -1.77. The zero-order valence-electron chi connectivity index (χ0n) is 18.6. The molecule has 1 saturated heterocycles. The highest BCUT2D eigenvalue weighted by molar-refractivity contribution is 7.89. The lowest BCUT2D eigenvalue weighted by Gasteiger charge is -2.28. The number of anilines is 1. The van der Waals surface area contributed by atoms with Crippen LogP contribution in [0.15, 0.2) is 29.4 Å². The maximum atomic E-state index is 12.8. The van der Waals surface area contributed by atoms with E-state index in [1.54, 1.807) is 24.5 Å². The fourth-order valence-electron chi connectivity index (χ4n) is 4.17. The van der Waals surface area contributed by atoms with Crippen molar-refractivity contribution in [1.29, 1.82) is 0 Å². The minimum absolute atomic E-state index is 0.285. The molecule has 1 aromatic heterocycles. The Morgan fingerprint density at radius 2 is 1.58 bits per heavy atom. The number of nitrogens with one attached hydrogen (secondary N) is 1. The molecule has 0 aliphatic carbocycles. The minimum atomic E-state index is -3.54. The summed E-state index contributed by atoms with van der Waals surface area (Å²) < 4.78 is 28.4. The van der Waals surface area contributed by atoms with E-state index in [1.807, 2.05) is 0 Å². The van der Waals surface area contributed by atoms with Crippen molar-refractivity contribution in [2.24, 2.45) is 5.73 Å². The molecule has 1 aromatic carbocycles. The van der Waals surface area contributed by atoms with Crippen LogP contribution in [0.2, 0.25) is 0 Å². The zero-order chi connectivity index (χ0) is 21.9. The number of sulfonamides is 1. The molecule has 3 rings (SSSR count). The first-order valence-electron chi connectivity index (χ1n) is 11.8. The van der Waals surface area contributed by atoms with Gasteiger partial charge in [-0.25, -0.2) is 23.1 Å². The Morgan fingerprint density at radius 1 is 0.903 bits per heavy atom. The van der Waals surface area contributed by atoms with Gasteiger partial charge in [0.15, 0.2) is 0 Å². The van der Waals surface area contributed by atoms with Gasteiger partial charge < -0.3 is 10.6 Å². The highest BCUT2D eigenvalue weighted by Crippen LogP contribution is 2.27. The Labute approximate surface area is 186 Å². The summed E-state index contributed by atoms with van der Waals surface area (Å²) in [6, 6.07) is 5.14. The zero-order valence-corrected chi connectivity index (χ0v) is 19.4. The monoisotopic (exact) mass is 447 g/mol. The van der Waals surface area contributed by atoms with Crippen molar-refractivity contribution in [3.63, 3.8) is 0 Å². The fraction of sp³-hybridized carbons (Fsp3) is 0.652. The number of benzene rings is 1. The van der Waals surface area contributed by atoms with Gasteiger partial charge in [-0.2, -0.15) is 0 Å². The molecule has 0 bridgehead atoms. The van der Waals surface area contributed by atoms with E-state index in [1.165, 1.54) is 32.1 Å². The van der Waals surface area contributed by atoms with Crippen molar-refractivity contribution in [3.8, 4) is 0 Å². The number of nitrogens with zero attached hydrogens (tertiary/aromatic N) is 3. The fourth-order valence-corrected chi connectivity index (χ4v) is 5.27. The molecule has 0 amide bonds. The van der Waals surface area contributed by atoms with Crippen LogP contribution in [0, 0.1) is 0 Å². The van der Waals surface area contributed by atoms with E-state index in [9.17, 15) is 8.42 Å². The second-order valence-corrected chi connectivity index (χ2v) is 10.2. The molecule has 1 fully saturated rings. The predicted molar refractivity (Wildman–Crippen MR) is 127 cm³/mol. The quantitative estimate of drug-likeness (QED) is 0.451. The summed E-state index contributed by atoms with van der Waals surface area (Å²) in [5, 5.41) is 0.807. The largest absolute Gasteiger partial charge is 0.356 e. The molecular weight excluding hydrogens is 410 g/mol. The number of nitrogens with two attached hydrogens (primary N) is 1. The van der Waals surface area contributed by atoms with Crippen molar-refractivity contribution < 1.29 is 8.42 Å². The van der Waals surface area contributed by atoms with Gasteiger partial charge in [0, 0.05) is 25.0 Å². The standard InChI is InChI=1S/C23H37N5O2S/c24-14-8-5-3-1-2-4-6-9-15-27-31(29,30)20-12-13-22-21(18-20)23(26-19-25-22)28-16-10-7-11-17-28/h12-13,18-19,27H,1-11,14-17,24H2. The normalized spacial score (nSPS) is 14.9. The molecule has 0 radical (unpaired) electrons. The highest BCUT2D eigenvalue weighted by Gasteiger charge is 2.19. The topological polar surface area (TPSA) is 101 Å². The second kappa shape index (κ2) is 12.3. The van der Waals surface area contributed by atoms with Gasteiger partial charge in [0.05, 0.1) is 10.4 Å². The number of aromatic nitrogens is 2. The van der Waals surface area contributed by atoms with E-state index in [-0.39, 0.29) is 4.90 Å². The van der Waals surface area contributed by atoms with Crippen LogP contribution in [0.1, 0.15) is 70.6 Å². The molecular formula is C23H37N5O2S. The molecule has 0 saturated carbocycles. The summed E-state index contributed by atoms with van der Waals surface area (Å²) in [4.78, 5) is 11.3. The van der Waals surface area contributed by atoms with E-state index in [2.05, 4.69) is 19.6 Å². The summed E-state index contributed by atoms with van der Waals surface area (Å²) in [6.45, 7) is 3.16. The molecule has 0 unspecified atom stereocenters. The Kier molecular flexibility index (Phi) is 9.49. The SMILES string of the molecule is NCCCCCCCCCCNS(=O)(=O)c1ccc2ncnc(N3CCCCC3)c2c1. The third-order valence-corrected chi connectivity index (χ3v) is 7.43. The summed E-state index contributed by atoms with van der Waals surface area (Å²) >= 11 is 0. The van der Waals surface area contributed by atoms with E-state index in [0.29, 0.717) is 6.54 Å². The molecule has 0 atom stereocenters. The van der Waals surface area contributed by atoms with Gasteiger partial charge in [-0.15, -0.1) is 0 Å². The van der Waals surface area contributed by atoms with Gasteiger partial charge >= 0.3 is 0 Å². The smallest absolute Gasteiger partial charge is 0.240 e. The molecule has 1 aliphatic heterocycles. The van der Waals surface area contributed by atoms with E-state index >= 15 is 0 Å². The van der Waals surface area contributed by atoms with Crippen LogP contribution in [-0.2, 0) is 10.0 Å². The van der Waals surface area contributed by atoms with Crippen LogP contribution < -0.4 is 15.4 Å². The predicted octanol–water partition coefficient (Wildman–Crippen LogP) is 3.98. The van der Waals surface area contributed by atoms with Crippen LogP contribution in [0.3, 0.4) is 0 Å². The third-order valence-electron chi connectivity index (χ3n) is 5.97. The van der Waals surface area contributed by atoms with E-state index in [0.717, 1.165) is 74.9 Å². The maximum absolute atomic E-state index is 12.8. The maximum Gasteiger partial charge on any atom is 0.240 e. The first-order chi connectivity index (χ1) is 15.1. The molecule has 2 aromatic rings. The molecule has 1 aliphatic rings. The van der Waals surface area contributed by atoms with Crippen molar-refractivity contribution in [1.82, 2.24) is 14.7 Å².